The molecule has 5 heteroatoms. The van der Waals surface area contributed by atoms with Crippen molar-refractivity contribution >= 4 is 0 Å². The molecule has 3 rings (SSSR count). The molecule has 0 radical (unpaired) electrons. The number of hydrogen-bond donors (Lipinski definition) is 2. The van der Waals surface area contributed by atoms with Gasteiger partial charge in [0, 0.05) is 12.1 Å². The Morgan fingerprint density at radius 2 is 1.86 bits per heavy atom. The van der Waals surface area contributed by atoms with Crippen molar-refractivity contribution in [2.75, 3.05) is 13.1 Å². The fourth-order valence-electron chi connectivity index (χ4n) is 2.73. The van der Waals surface area contributed by atoms with E-state index in [1.54, 1.807) is 0 Å². The van der Waals surface area contributed by atoms with Crippen molar-refractivity contribution < 1.29 is 5.11 Å². The molecule has 21 heavy (non-hydrogen) atoms. The van der Waals surface area contributed by atoms with Crippen LogP contribution in [0.1, 0.15) is 24.8 Å². The van der Waals surface area contributed by atoms with Gasteiger partial charge >= 0.3 is 0 Å². The van der Waals surface area contributed by atoms with E-state index < -0.39 is 0 Å². The first-order valence-corrected chi connectivity index (χ1v) is 7.33. The average Bonchev–Trinajstić information content (AvgIpc) is 2.48. The van der Waals surface area contributed by atoms with Crippen LogP contribution in [0.15, 0.2) is 35.1 Å². The Hall–Kier alpha value is -2.14. The van der Waals surface area contributed by atoms with Crippen LogP contribution in [-0.2, 0) is 6.54 Å². The Morgan fingerprint density at radius 3 is 2.52 bits per heavy atom. The van der Waals surface area contributed by atoms with Gasteiger partial charge in [0.05, 0.1) is 6.07 Å². The Labute approximate surface area is 123 Å². The third kappa shape index (κ3) is 3.49. The zero-order valence-electron chi connectivity index (χ0n) is 11.9. The monoisotopic (exact) mass is 285 g/mol. The summed E-state index contributed by atoms with van der Waals surface area (Å²) >= 11 is 0. The normalized spacial score (nSPS) is 16.0. The molecule has 0 aliphatic carbocycles. The van der Waals surface area contributed by atoms with E-state index in [-0.39, 0.29) is 11.4 Å². The quantitative estimate of drug-likeness (QED) is 0.906. The second kappa shape index (κ2) is 6.10. The van der Waals surface area contributed by atoms with Crippen molar-refractivity contribution in [3.05, 3.63) is 46.2 Å². The van der Waals surface area contributed by atoms with E-state index in [2.05, 4.69) is 14.9 Å². The first-order chi connectivity index (χ1) is 10.2. The van der Waals surface area contributed by atoms with Gasteiger partial charge in [-0.3, -0.25) is 9.69 Å². The molecule has 1 aliphatic rings. The van der Waals surface area contributed by atoms with Crippen LogP contribution in [0.3, 0.4) is 0 Å². The van der Waals surface area contributed by atoms with Crippen LogP contribution in [-0.4, -0.2) is 33.1 Å². The van der Waals surface area contributed by atoms with Crippen LogP contribution < -0.4 is 5.56 Å². The summed E-state index contributed by atoms with van der Waals surface area (Å²) in [6, 6.07) is 9.02. The fraction of sp³-hybridized carbons (Fsp3) is 0.375. The van der Waals surface area contributed by atoms with Gasteiger partial charge in [-0.2, -0.15) is 4.98 Å². The molecule has 5 nitrogen and oxygen atoms in total. The number of likely N-dealkylation sites (tertiary alicyclic amines) is 1. The third-order valence-corrected chi connectivity index (χ3v) is 3.81. The molecule has 110 valence electrons. The van der Waals surface area contributed by atoms with Crippen LogP contribution >= 0.6 is 0 Å². The topological polar surface area (TPSA) is 69.2 Å². The molecular formula is C16H19N3O2. The predicted octanol–water partition coefficient (Wildman–Crippen LogP) is 2.13. The summed E-state index contributed by atoms with van der Waals surface area (Å²) in [5.41, 5.74) is 1.70. The summed E-state index contributed by atoms with van der Waals surface area (Å²) in [5.74, 6) is 0.135. The van der Waals surface area contributed by atoms with Crippen LogP contribution in [0.5, 0.6) is 5.88 Å². The Bertz CT molecular complexity index is 658. The van der Waals surface area contributed by atoms with E-state index in [9.17, 15) is 9.90 Å². The third-order valence-electron chi connectivity index (χ3n) is 3.81. The maximum atomic E-state index is 11.4. The standard InChI is InChI=1S/C16H19N3O2/c20-14-10-15(21)18-16(17-14)13-6-4-12(5-7-13)11-19-8-2-1-3-9-19/h4-7,10H,1-3,8-9,11H2,(H2,17,18,20,21). The molecule has 2 heterocycles. The minimum Gasteiger partial charge on any atom is -0.493 e. The molecule has 1 fully saturated rings. The van der Waals surface area contributed by atoms with Crippen molar-refractivity contribution in [2.45, 2.75) is 25.8 Å². The number of nitrogens with one attached hydrogen (secondary N) is 1. The highest BCUT2D eigenvalue weighted by molar-refractivity contribution is 5.55. The highest BCUT2D eigenvalue weighted by atomic mass is 16.3. The number of nitrogens with zero attached hydrogens (tertiary/aromatic N) is 2. The van der Waals surface area contributed by atoms with Crippen LogP contribution in [0.25, 0.3) is 11.4 Å². The summed E-state index contributed by atoms with van der Waals surface area (Å²) in [7, 11) is 0. The summed E-state index contributed by atoms with van der Waals surface area (Å²) in [5, 5.41) is 9.39. The van der Waals surface area contributed by atoms with Gasteiger partial charge in [0.2, 0.25) is 5.88 Å². The maximum absolute atomic E-state index is 11.4. The van der Waals surface area contributed by atoms with E-state index in [0.29, 0.717) is 5.82 Å². The Kier molecular flexibility index (Phi) is 4.01. The van der Waals surface area contributed by atoms with Crippen molar-refractivity contribution in [3.8, 4) is 17.3 Å². The molecule has 2 aromatic rings. The van der Waals surface area contributed by atoms with Gasteiger partial charge in [0.1, 0.15) is 5.82 Å². The molecule has 2 N–H and O–H groups in total. The number of aromatic amines is 1. The van der Waals surface area contributed by atoms with Crippen molar-refractivity contribution in [2.24, 2.45) is 0 Å². The van der Waals surface area contributed by atoms with Crippen LogP contribution in [0, 0.1) is 0 Å². The summed E-state index contributed by atoms with van der Waals surface area (Å²) in [6.07, 6.45) is 3.91. The van der Waals surface area contributed by atoms with Gasteiger partial charge in [-0.25, -0.2) is 0 Å². The first kappa shape index (κ1) is 13.8. The summed E-state index contributed by atoms with van der Waals surface area (Å²) < 4.78 is 0. The van der Waals surface area contributed by atoms with E-state index >= 15 is 0 Å². The van der Waals surface area contributed by atoms with Gasteiger partial charge in [-0.15, -0.1) is 0 Å². The van der Waals surface area contributed by atoms with Crippen LogP contribution in [0.2, 0.25) is 0 Å². The van der Waals surface area contributed by atoms with Gasteiger partial charge in [-0.1, -0.05) is 30.7 Å². The molecule has 0 saturated carbocycles. The van der Waals surface area contributed by atoms with Gasteiger partial charge < -0.3 is 10.1 Å². The number of benzene rings is 1. The highest BCUT2D eigenvalue weighted by Crippen LogP contribution is 2.18. The maximum Gasteiger partial charge on any atom is 0.254 e. The molecular weight excluding hydrogens is 266 g/mol. The number of hydrogen-bond acceptors (Lipinski definition) is 4. The number of piperidine rings is 1. The zero-order valence-corrected chi connectivity index (χ0v) is 11.9. The lowest BCUT2D eigenvalue weighted by atomic mass is 10.1. The van der Waals surface area contributed by atoms with E-state index in [4.69, 9.17) is 0 Å². The zero-order chi connectivity index (χ0) is 14.7. The minimum absolute atomic E-state index is 0.258. The van der Waals surface area contributed by atoms with Crippen molar-refractivity contribution in [1.82, 2.24) is 14.9 Å². The molecule has 0 amide bonds. The molecule has 0 bridgehead atoms. The fourth-order valence-corrected chi connectivity index (χ4v) is 2.73. The first-order valence-electron chi connectivity index (χ1n) is 7.33. The van der Waals surface area contributed by atoms with E-state index in [1.807, 2.05) is 24.3 Å². The molecule has 1 saturated heterocycles. The lowest BCUT2D eigenvalue weighted by Gasteiger charge is -2.26. The average molecular weight is 285 g/mol. The second-order valence-corrected chi connectivity index (χ2v) is 5.49. The van der Waals surface area contributed by atoms with Crippen molar-refractivity contribution in [1.29, 1.82) is 0 Å². The molecule has 1 aliphatic heterocycles. The number of aromatic nitrogens is 2. The minimum atomic E-state index is -0.352. The Balaban J connectivity index is 1.75. The van der Waals surface area contributed by atoms with Gasteiger partial charge in [0.15, 0.2) is 0 Å². The lowest BCUT2D eigenvalue weighted by Crippen LogP contribution is -2.29. The highest BCUT2D eigenvalue weighted by Gasteiger charge is 2.10. The molecule has 0 atom stereocenters. The molecule has 1 aromatic carbocycles. The molecule has 0 spiro atoms. The predicted molar refractivity (Wildman–Crippen MR) is 81.1 cm³/mol. The van der Waals surface area contributed by atoms with Gasteiger partial charge in [0.25, 0.3) is 5.56 Å². The number of H-pyrrole nitrogens is 1. The molecule has 0 unspecified atom stereocenters. The number of rotatable bonds is 3. The van der Waals surface area contributed by atoms with E-state index in [1.165, 1.54) is 37.9 Å². The smallest absolute Gasteiger partial charge is 0.254 e. The SMILES string of the molecule is O=c1cc(O)nc(-c2ccc(CN3CCCCC3)cc2)[nH]1. The lowest BCUT2D eigenvalue weighted by molar-refractivity contribution is 0.221. The van der Waals surface area contributed by atoms with Crippen LogP contribution in [0.4, 0.5) is 0 Å². The van der Waals surface area contributed by atoms with Crippen molar-refractivity contribution in [3.63, 3.8) is 0 Å². The van der Waals surface area contributed by atoms with Gasteiger partial charge in [-0.05, 0) is 31.5 Å². The number of aromatic hydroxyl groups is 1. The summed E-state index contributed by atoms with van der Waals surface area (Å²) in [6.45, 7) is 3.30. The second-order valence-electron chi connectivity index (χ2n) is 5.49. The Morgan fingerprint density at radius 1 is 1.14 bits per heavy atom. The largest absolute Gasteiger partial charge is 0.493 e. The van der Waals surface area contributed by atoms with E-state index in [0.717, 1.165) is 18.2 Å². The molecule has 1 aromatic heterocycles. The summed E-state index contributed by atoms with van der Waals surface area (Å²) in [4.78, 5) is 20.4.